The Morgan fingerprint density at radius 2 is 1.92 bits per heavy atom. The molecule has 4 rings (SSSR count). The van der Waals surface area contributed by atoms with Gasteiger partial charge in [0.15, 0.2) is 0 Å². The van der Waals surface area contributed by atoms with Crippen LogP contribution in [0, 0.1) is 6.92 Å². The lowest BCUT2D eigenvalue weighted by atomic mass is 10.1. The van der Waals surface area contributed by atoms with Crippen LogP contribution >= 0.6 is 0 Å². The largest absolute Gasteiger partial charge is 0.371 e. The van der Waals surface area contributed by atoms with Crippen LogP contribution in [0.2, 0.25) is 0 Å². The summed E-state index contributed by atoms with van der Waals surface area (Å²) in [6.45, 7) is 7.55. The summed E-state index contributed by atoms with van der Waals surface area (Å²) in [5.74, 6) is 0.0138. The van der Waals surface area contributed by atoms with Crippen molar-refractivity contribution >= 4 is 17.5 Å². The number of nitrogens with one attached hydrogen (secondary N) is 1. The molecule has 1 N–H and O–H groups in total. The van der Waals surface area contributed by atoms with Gasteiger partial charge in [-0.3, -0.25) is 14.5 Å². The van der Waals surface area contributed by atoms with Gasteiger partial charge >= 0.3 is 0 Å². The van der Waals surface area contributed by atoms with Gasteiger partial charge in [0, 0.05) is 45.0 Å². The molecule has 2 amide bonds. The molecule has 0 spiro atoms. The maximum Gasteiger partial charge on any atom is 0.244 e. The Hall–Kier alpha value is -2.08. The first-order valence-corrected chi connectivity index (χ1v) is 9.26. The zero-order valence-electron chi connectivity index (χ0n) is 14.8. The third-order valence-corrected chi connectivity index (χ3v) is 5.62. The third-order valence-electron chi connectivity index (χ3n) is 5.62. The van der Waals surface area contributed by atoms with Crippen LogP contribution in [-0.2, 0) is 16.1 Å². The predicted molar refractivity (Wildman–Crippen MR) is 96.4 cm³/mol. The van der Waals surface area contributed by atoms with Crippen LogP contribution < -0.4 is 10.2 Å². The third kappa shape index (κ3) is 3.23. The summed E-state index contributed by atoms with van der Waals surface area (Å²) in [7, 11) is 0. The van der Waals surface area contributed by atoms with Gasteiger partial charge in [0.1, 0.15) is 6.04 Å². The molecule has 3 aliphatic rings. The van der Waals surface area contributed by atoms with Crippen LogP contribution in [0.4, 0.5) is 5.69 Å². The van der Waals surface area contributed by atoms with Crippen LogP contribution in [0.25, 0.3) is 0 Å². The summed E-state index contributed by atoms with van der Waals surface area (Å²) in [6, 6.07) is 6.38. The lowest BCUT2D eigenvalue weighted by Gasteiger charge is -2.43. The van der Waals surface area contributed by atoms with Crippen LogP contribution in [0.5, 0.6) is 0 Å². The van der Waals surface area contributed by atoms with Crippen molar-refractivity contribution in [2.24, 2.45) is 0 Å². The minimum Gasteiger partial charge on any atom is -0.371 e. The van der Waals surface area contributed by atoms with Crippen LogP contribution in [-0.4, -0.2) is 66.9 Å². The number of piperazine rings is 2. The fraction of sp³-hybridized carbons (Fsp3) is 0.579. The number of amides is 2. The van der Waals surface area contributed by atoms with E-state index in [1.54, 1.807) is 4.90 Å². The molecule has 3 saturated heterocycles. The first kappa shape index (κ1) is 16.4. The summed E-state index contributed by atoms with van der Waals surface area (Å²) in [5, 5.41) is 2.70. The Labute approximate surface area is 148 Å². The Kier molecular flexibility index (Phi) is 4.37. The number of carbonyl (C=O) groups is 2. The second-order valence-corrected chi connectivity index (χ2v) is 7.37. The lowest BCUT2D eigenvalue weighted by molar-refractivity contribution is -0.149. The van der Waals surface area contributed by atoms with Crippen LogP contribution in [0.15, 0.2) is 18.2 Å². The Bertz CT molecular complexity index is 684. The predicted octanol–water partition coefficient (Wildman–Crippen LogP) is 0.738. The molecule has 0 radical (unpaired) electrons. The van der Waals surface area contributed by atoms with E-state index in [0.717, 1.165) is 26.2 Å². The molecule has 1 atom stereocenters. The van der Waals surface area contributed by atoms with E-state index in [2.05, 4.69) is 40.2 Å². The number of nitrogens with zero attached hydrogens (tertiary/aromatic N) is 3. The molecular weight excluding hydrogens is 316 g/mol. The van der Waals surface area contributed by atoms with Crippen LogP contribution in [0.1, 0.15) is 24.0 Å². The average Bonchev–Trinajstić information content (AvgIpc) is 3.13. The smallest absolute Gasteiger partial charge is 0.244 e. The number of hydrogen-bond acceptors (Lipinski definition) is 4. The van der Waals surface area contributed by atoms with E-state index < -0.39 is 0 Å². The maximum atomic E-state index is 12.1. The van der Waals surface area contributed by atoms with Gasteiger partial charge < -0.3 is 15.1 Å². The standard InChI is InChI=1S/C19H26N4O2/c1-14-10-15(4-5-16(14)22-6-2-3-7-22)12-21-8-9-23-17(13-21)19(25)20-11-18(23)24/h4-5,10,17H,2-3,6-9,11-13H2,1H3,(H,20,25). The second kappa shape index (κ2) is 6.67. The van der Waals surface area contributed by atoms with Gasteiger partial charge in [-0.2, -0.15) is 0 Å². The normalized spacial score (nSPS) is 24.4. The molecule has 3 aliphatic heterocycles. The van der Waals surface area contributed by atoms with Crippen molar-refractivity contribution in [3.63, 3.8) is 0 Å². The topological polar surface area (TPSA) is 55.9 Å². The van der Waals surface area contributed by atoms with Crippen molar-refractivity contribution in [1.29, 1.82) is 0 Å². The Morgan fingerprint density at radius 1 is 1.12 bits per heavy atom. The van der Waals surface area contributed by atoms with Gasteiger partial charge in [-0.25, -0.2) is 0 Å². The molecule has 0 saturated carbocycles. The molecule has 0 aromatic heterocycles. The Morgan fingerprint density at radius 3 is 2.68 bits per heavy atom. The van der Waals surface area contributed by atoms with Gasteiger partial charge in [0.05, 0.1) is 6.54 Å². The fourth-order valence-corrected chi connectivity index (χ4v) is 4.28. The molecule has 1 unspecified atom stereocenters. The molecule has 3 heterocycles. The number of aryl methyl sites for hydroxylation is 1. The van der Waals surface area contributed by atoms with Crippen molar-refractivity contribution in [2.45, 2.75) is 32.4 Å². The molecule has 0 aliphatic carbocycles. The Balaban J connectivity index is 1.43. The molecule has 1 aromatic carbocycles. The molecule has 134 valence electrons. The highest BCUT2D eigenvalue weighted by Gasteiger charge is 2.38. The maximum absolute atomic E-state index is 12.1. The molecule has 0 bridgehead atoms. The van der Waals surface area contributed by atoms with E-state index in [-0.39, 0.29) is 24.4 Å². The quantitative estimate of drug-likeness (QED) is 0.880. The van der Waals surface area contributed by atoms with Gasteiger partial charge in [-0.1, -0.05) is 12.1 Å². The molecule has 6 heteroatoms. The highest BCUT2D eigenvalue weighted by Crippen LogP contribution is 2.26. The van der Waals surface area contributed by atoms with Crippen molar-refractivity contribution in [3.8, 4) is 0 Å². The number of benzene rings is 1. The van der Waals surface area contributed by atoms with Crippen molar-refractivity contribution in [3.05, 3.63) is 29.3 Å². The summed E-state index contributed by atoms with van der Waals surface area (Å²) in [4.78, 5) is 30.5. The second-order valence-electron chi connectivity index (χ2n) is 7.37. The number of hydrogen-bond donors (Lipinski definition) is 1. The zero-order valence-corrected chi connectivity index (χ0v) is 14.8. The summed E-state index contributed by atoms with van der Waals surface area (Å²) < 4.78 is 0. The molecule has 25 heavy (non-hydrogen) atoms. The van der Waals surface area contributed by atoms with Crippen molar-refractivity contribution < 1.29 is 9.59 Å². The van der Waals surface area contributed by atoms with Gasteiger partial charge in [-0.15, -0.1) is 0 Å². The summed E-state index contributed by atoms with van der Waals surface area (Å²) in [6.07, 6.45) is 2.57. The van der Waals surface area contributed by atoms with Gasteiger partial charge in [-0.05, 0) is 37.0 Å². The van der Waals surface area contributed by atoms with E-state index in [4.69, 9.17) is 0 Å². The number of carbonyl (C=O) groups excluding carboxylic acids is 2. The fourth-order valence-electron chi connectivity index (χ4n) is 4.28. The summed E-state index contributed by atoms with van der Waals surface area (Å²) >= 11 is 0. The first-order chi connectivity index (χ1) is 12.1. The van der Waals surface area contributed by atoms with E-state index in [1.807, 2.05) is 0 Å². The first-order valence-electron chi connectivity index (χ1n) is 9.26. The minimum atomic E-state index is -0.333. The lowest BCUT2D eigenvalue weighted by Crippen LogP contribution is -2.65. The number of rotatable bonds is 3. The SMILES string of the molecule is Cc1cc(CN2CCN3C(=O)CNC(=O)C3C2)ccc1N1CCCC1. The van der Waals surface area contributed by atoms with Crippen LogP contribution in [0.3, 0.4) is 0 Å². The van der Waals surface area contributed by atoms with Crippen molar-refractivity contribution in [1.82, 2.24) is 15.1 Å². The zero-order chi connectivity index (χ0) is 17.4. The van der Waals surface area contributed by atoms with Gasteiger partial charge in [0.2, 0.25) is 11.8 Å². The summed E-state index contributed by atoms with van der Waals surface area (Å²) in [5.41, 5.74) is 3.95. The minimum absolute atomic E-state index is 0.0233. The number of fused-ring (bicyclic) bond motifs is 1. The van der Waals surface area contributed by atoms with E-state index in [0.29, 0.717) is 13.1 Å². The number of anilines is 1. The molecular formula is C19H26N4O2. The molecule has 1 aromatic rings. The van der Waals surface area contributed by atoms with Crippen molar-refractivity contribution in [2.75, 3.05) is 44.2 Å². The highest BCUT2D eigenvalue weighted by molar-refractivity contribution is 5.95. The molecule has 6 nitrogen and oxygen atoms in total. The average molecular weight is 342 g/mol. The molecule has 3 fully saturated rings. The van der Waals surface area contributed by atoms with E-state index >= 15 is 0 Å². The van der Waals surface area contributed by atoms with Gasteiger partial charge in [0.25, 0.3) is 0 Å². The monoisotopic (exact) mass is 342 g/mol. The van der Waals surface area contributed by atoms with E-state index in [1.165, 1.54) is 29.7 Å². The highest BCUT2D eigenvalue weighted by atomic mass is 16.2. The van der Waals surface area contributed by atoms with E-state index in [9.17, 15) is 9.59 Å².